The number of carboxylic acid groups (broad SMARTS) is 1. The minimum Gasteiger partial charge on any atom is -0.480 e. The van der Waals surface area contributed by atoms with Crippen molar-refractivity contribution in [2.24, 2.45) is 0 Å². The summed E-state index contributed by atoms with van der Waals surface area (Å²) in [5.41, 5.74) is -0.493. The molecule has 2 N–H and O–H groups in total. The zero-order chi connectivity index (χ0) is 14.5. The van der Waals surface area contributed by atoms with Crippen LogP contribution in [0.3, 0.4) is 0 Å². The van der Waals surface area contributed by atoms with Crippen molar-refractivity contribution >= 4 is 11.7 Å². The Bertz CT molecular complexity index is 439. The van der Waals surface area contributed by atoms with Crippen LogP contribution in [0.15, 0.2) is 24.3 Å². The van der Waals surface area contributed by atoms with E-state index in [9.17, 15) is 14.3 Å². The van der Waals surface area contributed by atoms with Crippen molar-refractivity contribution in [2.75, 3.05) is 25.0 Å². The molecule has 0 aliphatic rings. The lowest BCUT2D eigenvalue weighted by atomic mass is 9.98. The Balaban J connectivity index is 2.79. The highest BCUT2D eigenvalue weighted by atomic mass is 19.1. The van der Waals surface area contributed by atoms with E-state index < -0.39 is 11.5 Å². The van der Waals surface area contributed by atoms with Gasteiger partial charge in [-0.15, -0.1) is 0 Å². The van der Waals surface area contributed by atoms with Gasteiger partial charge in [-0.05, 0) is 39.4 Å². The third-order valence-electron chi connectivity index (χ3n) is 3.48. The minimum atomic E-state index is -1.00. The quantitative estimate of drug-likeness (QED) is 0.795. The summed E-state index contributed by atoms with van der Waals surface area (Å²) in [5, 5.41) is 12.0. The first-order chi connectivity index (χ1) is 8.94. The number of carboxylic acids is 1. The molecule has 0 aliphatic carbocycles. The predicted molar refractivity (Wildman–Crippen MR) is 74.0 cm³/mol. The SMILES string of the molecule is CCN(CCC(C)(NC)C(=O)O)c1ccccc1F. The van der Waals surface area contributed by atoms with Crippen LogP contribution in [-0.2, 0) is 4.79 Å². The Morgan fingerprint density at radius 2 is 2.11 bits per heavy atom. The lowest BCUT2D eigenvalue weighted by Crippen LogP contribution is -2.49. The van der Waals surface area contributed by atoms with Crippen LogP contribution in [-0.4, -0.2) is 36.8 Å². The molecule has 0 amide bonds. The van der Waals surface area contributed by atoms with E-state index in [0.717, 1.165) is 0 Å². The molecule has 19 heavy (non-hydrogen) atoms. The molecule has 1 aromatic rings. The zero-order valence-corrected chi connectivity index (χ0v) is 11.6. The molecule has 0 saturated carbocycles. The molecular formula is C14H21FN2O2. The number of hydrogen-bond donors (Lipinski definition) is 2. The van der Waals surface area contributed by atoms with Crippen LogP contribution in [0.2, 0.25) is 0 Å². The molecule has 0 saturated heterocycles. The molecule has 5 heteroatoms. The average molecular weight is 268 g/mol. The summed E-state index contributed by atoms with van der Waals surface area (Å²) in [6.07, 6.45) is 0.390. The molecule has 0 radical (unpaired) electrons. The highest BCUT2D eigenvalue weighted by Crippen LogP contribution is 2.20. The number of hydrogen-bond acceptors (Lipinski definition) is 3. The third kappa shape index (κ3) is 3.67. The van der Waals surface area contributed by atoms with E-state index in [2.05, 4.69) is 5.32 Å². The van der Waals surface area contributed by atoms with E-state index >= 15 is 0 Å². The number of para-hydroxylation sites is 1. The number of likely N-dealkylation sites (N-methyl/N-ethyl adjacent to an activating group) is 1. The Morgan fingerprint density at radius 3 is 2.58 bits per heavy atom. The number of anilines is 1. The standard InChI is InChI=1S/C14H21FN2O2/c1-4-17(12-8-6-5-7-11(12)15)10-9-14(2,16-3)13(18)19/h5-8,16H,4,9-10H2,1-3H3,(H,18,19). The maximum absolute atomic E-state index is 13.7. The number of carbonyl (C=O) groups is 1. The summed E-state index contributed by atoms with van der Waals surface area (Å²) in [5.74, 6) is -1.19. The van der Waals surface area contributed by atoms with Crippen LogP contribution >= 0.6 is 0 Å². The maximum Gasteiger partial charge on any atom is 0.323 e. The van der Waals surface area contributed by atoms with Gasteiger partial charge in [0, 0.05) is 13.1 Å². The maximum atomic E-state index is 13.7. The number of halogens is 1. The number of aliphatic carboxylic acids is 1. The van der Waals surface area contributed by atoms with Crippen LogP contribution < -0.4 is 10.2 Å². The number of nitrogens with one attached hydrogen (secondary N) is 1. The molecule has 1 rings (SSSR count). The molecule has 106 valence electrons. The second-order valence-corrected chi connectivity index (χ2v) is 4.67. The van der Waals surface area contributed by atoms with Gasteiger partial charge in [-0.2, -0.15) is 0 Å². The van der Waals surface area contributed by atoms with E-state index in [1.807, 2.05) is 11.8 Å². The lowest BCUT2D eigenvalue weighted by molar-refractivity contribution is -0.144. The monoisotopic (exact) mass is 268 g/mol. The van der Waals surface area contributed by atoms with Gasteiger partial charge in [-0.1, -0.05) is 12.1 Å². The predicted octanol–water partition coefficient (Wildman–Crippen LogP) is 2.10. The molecule has 0 aliphatic heterocycles. The lowest BCUT2D eigenvalue weighted by Gasteiger charge is -2.29. The number of rotatable bonds is 7. The molecule has 1 atom stereocenters. The molecule has 0 heterocycles. The largest absolute Gasteiger partial charge is 0.480 e. The second kappa shape index (κ2) is 6.52. The Kier molecular flexibility index (Phi) is 5.30. The molecule has 1 aromatic carbocycles. The zero-order valence-electron chi connectivity index (χ0n) is 11.6. The van der Waals surface area contributed by atoms with Gasteiger partial charge in [-0.25, -0.2) is 4.39 Å². The molecule has 1 unspecified atom stereocenters. The van der Waals surface area contributed by atoms with E-state index in [4.69, 9.17) is 0 Å². The van der Waals surface area contributed by atoms with Crippen LogP contribution in [0.1, 0.15) is 20.3 Å². The Hall–Kier alpha value is -1.62. The summed E-state index contributed by atoms with van der Waals surface area (Å²) < 4.78 is 13.7. The summed E-state index contributed by atoms with van der Waals surface area (Å²) >= 11 is 0. The van der Waals surface area contributed by atoms with Crippen molar-refractivity contribution in [3.8, 4) is 0 Å². The Morgan fingerprint density at radius 1 is 1.47 bits per heavy atom. The number of benzene rings is 1. The van der Waals surface area contributed by atoms with Gasteiger partial charge in [0.25, 0.3) is 0 Å². The van der Waals surface area contributed by atoms with Gasteiger partial charge >= 0.3 is 5.97 Å². The van der Waals surface area contributed by atoms with E-state index in [-0.39, 0.29) is 5.82 Å². The van der Waals surface area contributed by atoms with Crippen molar-refractivity contribution in [2.45, 2.75) is 25.8 Å². The van der Waals surface area contributed by atoms with Gasteiger partial charge < -0.3 is 15.3 Å². The summed E-state index contributed by atoms with van der Waals surface area (Å²) in [4.78, 5) is 13.0. The van der Waals surface area contributed by atoms with Crippen molar-refractivity contribution in [1.29, 1.82) is 0 Å². The van der Waals surface area contributed by atoms with Crippen LogP contribution in [0.4, 0.5) is 10.1 Å². The van der Waals surface area contributed by atoms with Crippen molar-refractivity contribution in [1.82, 2.24) is 5.32 Å². The first kappa shape index (κ1) is 15.4. The van der Waals surface area contributed by atoms with Gasteiger partial charge in [0.15, 0.2) is 0 Å². The van der Waals surface area contributed by atoms with Crippen LogP contribution in [0.25, 0.3) is 0 Å². The van der Waals surface area contributed by atoms with Crippen molar-refractivity contribution in [3.05, 3.63) is 30.1 Å². The fourth-order valence-electron chi connectivity index (χ4n) is 1.85. The van der Waals surface area contributed by atoms with Crippen LogP contribution in [0, 0.1) is 5.82 Å². The van der Waals surface area contributed by atoms with Gasteiger partial charge in [-0.3, -0.25) is 4.79 Å². The summed E-state index contributed by atoms with van der Waals surface area (Å²) in [6.45, 7) is 4.65. The highest BCUT2D eigenvalue weighted by Gasteiger charge is 2.31. The topological polar surface area (TPSA) is 52.6 Å². The summed E-state index contributed by atoms with van der Waals surface area (Å²) in [6, 6.07) is 6.53. The third-order valence-corrected chi connectivity index (χ3v) is 3.48. The number of nitrogens with zero attached hydrogens (tertiary/aromatic N) is 1. The van der Waals surface area contributed by atoms with Crippen molar-refractivity contribution in [3.63, 3.8) is 0 Å². The smallest absolute Gasteiger partial charge is 0.323 e. The normalized spacial score (nSPS) is 13.9. The summed E-state index contributed by atoms with van der Waals surface area (Å²) in [7, 11) is 1.62. The molecule has 4 nitrogen and oxygen atoms in total. The fraction of sp³-hybridized carbons (Fsp3) is 0.500. The van der Waals surface area contributed by atoms with Crippen LogP contribution in [0.5, 0.6) is 0 Å². The Labute approximate surface area is 113 Å². The van der Waals surface area contributed by atoms with Gasteiger partial charge in [0.2, 0.25) is 0 Å². The molecule has 0 spiro atoms. The fourth-order valence-corrected chi connectivity index (χ4v) is 1.85. The van der Waals surface area contributed by atoms with E-state index in [1.54, 1.807) is 32.2 Å². The first-order valence-electron chi connectivity index (χ1n) is 6.36. The first-order valence-corrected chi connectivity index (χ1v) is 6.36. The molecule has 0 fully saturated rings. The highest BCUT2D eigenvalue weighted by molar-refractivity contribution is 5.78. The minimum absolute atomic E-state index is 0.286. The second-order valence-electron chi connectivity index (χ2n) is 4.67. The molecule has 0 bridgehead atoms. The van der Waals surface area contributed by atoms with Crippen molar-refractivity contribution < 1.29 is 14.3 Å². The van der Waals surface area contributed by atoms with E-state index in [1.165, 1.54) is 6.07 Å². The molecule has 0 aromatic heterocycles. The van der Waals surface area contributed by atoms with E-state index in [0.29, 0.717) is 25.2 Å². The average Bonchev–Trinajstić information content (AvgIpc) is 2.40. The molecular weight excluding hydrogens is 247 g/mol. The van der Waals surface area contributed by atoms with Gasteiger partial charge in [0.05, 0.1) is 5.69 Å². The van der Waals surface area contributed by atoms with Gasteiger partial charge in [0.1, 0.15) is 11.4 Å².